The predicted molar refractivity (Wildman–Crippen MR) is 105 cm³/mol. The minimum atomic E-state index is -4.39. The summed E-state index contributed by atoms with van der Waals surface area (Å²) in [6, 6.07) is 11.3. The zero-order valence-corrected chi connectivity index (χ0v) is 16.3. The van der Waals surface area contributed by atoms with Gasteiger partial charge in [0.1, 0.15) is 11.5 Å². The average molecular weight is 420 g/mol. The number of hydrogen-bond donors (Lipinski definition) is 1. The maximum atomic E-state index is 12.7. The molecule has 1 heterocycles. The summed E-state index contributed by atoms with van der Waals surface area (Å²) in [5.74, 6) is 1.52. The Morgan fingerprint density at radius 2 is 1.60 bits per heavy atom. The maximum Gasteiger partial charge on any atom is 0.416 e. The molecule has 0 aromatic heterocycles. The van der Waals surface area contributed by atoms with Crippen molar-refractivity contribution in [3.63, 3.8) is 0 Å². The van der Waals surface area contributed by atoms with Crippen LogP contribution in [0.1, 0.15) is 30.0 Å². The van der Waals surface area contributed by atoms with E-state index in [1.165, 1.54) is 29.9 Å². The fourth-order valence-corrected chi connectivity index (χ4v) is 3.79. The topological polar surface area (TPSA) is 53.0 Å². The van der Waals surface area contributed by atoms with E-state index in [2.05, 4.69) is 4.90 Å². The minimum absolute atomic E-state index is 0.255. The zero-order chi connectivity index (χ0) is 21.3. The average Bonchev–Trinajstić information content (AvgIpc) is 3.52. The van der Waals surface area contributed by atoms with E-state index in [-0.39, 0.29) is 6.04 Å². The fraction of sp³-hybridized carbons (Fsp3) is 0.409. The van der Waals surface area contributed by atoms with E-state index >= 15 is 0 Å². The van der Waals surface area contributed by atoms with Crippen molar-refractivity contribution in [2.75, 3.05) is 26.2 Å². The maximum absolute atomic E-state index is 12.7. The van der Waals surface area contributed by atoms with E-state index in [0.29, 0.717) is 24.6 Å². The summed E-state index contributed by atoms with van der Waals surface area (Å²) < 4.78 is 43.6. The molecule has 0 spiro atoms. The molecule has 2 aromatic carbocycles. The van der Waals surface area contributed by atoms with Gasteiger partial charge in [-0.25, -0.2) is 4.79 Å². The Morgan fingerprint density at radius 1 is 1.00 bits per heavy atom. The number of piperazine rings is 1. The monoisotopic (exact) mass is 420 g/mol. The van der Waals surface area contributed by atoms with Crippen molar-refractivity contribution < 1.29 is 27.8 Å². The number of nitrogens with zero attached hydrogens (tertiary/aromatic N) is 2. The number of benzene rings is 2. The number of rotatable bonds is 5. The SMILES string of the molecule is O=C(O)N1CCN(CC2CC2)CC1c1ccc(Oc2ccc(C(F)(F)F)cc2)cc1. The number of ether oxygens (including phenoxy) is 1. The molecular weight excluding hydrogens is 397 g/mol. The summed E-state index contributed by atoms with van der Waals surface area (Å²) in [5.41, 5.74) is 0.143. The van der Waals surface area contributed by atoms with Crippen LogP contribution in [-0.4, -0.2) is 47.2 Å². The number of amides is 1. The highest BCUT2D eigenvalue weighted by Crippen LogP contribution is 2.34. The van der Waals surface area contributed by atoms with Gasteiger partial charge in [-0.05, 0) is 60.7 Å². The van der Waals surface area contributed by atoms with Gasteiger partial charge in [-0.1, -0.05) is 12.1 Å². The Balaban J connectivity index is 1.45. The van der Waals surface area contributed by atoms with E-state index in [0.717, 1.165) is 36.7 Å². The van der Waals surface area contributed by atoms with Gasteiger partial charge in [-0.15, -0.1) is 0 Å². The first-order chi connectivity index (χ1) is 14.3. The van der Waals surface area contributed by atoms with Gasteiger partial charge in [-0.2, -0.15) is 13.2 Å². The molecule has 8 heteroatoms. The third-order valence-electron chi connectivity index (χ3n) is 5.61. The third-order valence-corrected chi connectivity index (χ3v) is 5.61. The molecule has 1 saturated heterocycles. The molecule has 0 radical (unpaired) electrons. The van der Waals surface area contributed by atoms with Crippen LogP contribution in [-0.2, 0) is 6.18 Å². The summed E-state index contributed by atoms with van der Waals surface area (Å²) >= 11 is 0. The van der Waals surface area contributed by atoms with Crippen LogP contribution in [0.3, 0.4) is 0 Å². The van der Waals surface area contributed by atoms with Crippen molar-refractivity contribution in [2.45, 2.75) is 25.1 Å². The van der Waals surface area contributed by atoms with E-state index in [1.807, 2.05) is 12.1 Å². The largest absolute Gasteiger partial charge is 0.465 e. The Morgan fingerprint density at radius 3 is 2.13 bits per heavy atom. The normalized spacial score (nSPS) is 20.2. The first kappa shape index (κ1) is 20.5. The molecule has 1 amide bonds. The molecule has 30 heavy (non-hydrogen) atoms. The fourth-order valence-electron chi connectivity index (χ4n) is 3.79. The summed E-state index contributed by atoms with van der Waals surface area (Å²) in [4.78, 5) is 15.5. The smallest absolute Gasteiger partial charge is 0.416 e. The molecule has 4 rings (SSSR count). The van der Waals surface area contributed by atoms with Crippen LogP contribution in [0.4, 0.5) is 18.0 Å². The number of hydrogen-bond acceptors (Lipinski definition) is 3. The molecule has 160 valence electrons. The molecule has 2 aromatic rings. The molecule has 5 nitrogen and oxygen atoms in total. The molecule has 1 N–H and O–H groups in total. The van der Waals surface area contributed by atoms with Gasteiger partial charge < -0.3 is 9.84 Å². The molecule has 2 aliphatic rings. The van der Waals surface area contributed by atoms with Gasteiger partial charge in [0.05, 0.1) is 11.6 Å². The standard InChI is InChI=1S/C22H23F3N2O3/c23-22(24,25)17-5-9-19(10-6-17)30-18-7-3-16(4-8-18)20-14-26(13-15-1-2-15)11-12-27(20)21(28)29/h3-10,15,20H,1-2,11-14H2,(H,28,29). The molecule has 1 unspecified atom stereocenters. The van der Waals surface area contributed by atoms with E-state index in [1.54, 1.807) is 12.1 Å². The number of carboxylic acid groups (broad SMARTS) is 1. The lowest BCUT2D eigenvalue weighted by Gasteiger charge is -2.40. The zero-order valence-electron chi connectivity index (χ0n) is 16.3. The van der Waals surface area contributed by atoms with E-state index in [4.69, 9.17) is 4.74 Å². The summed E-state index contributed by atoms with van der Waals surface area (Å²) in [7, 11) is 0. The molecule has 1 aliphatic carbocycles. The van der Waals surface area contributed by atoms with Crippen LogP contribution in [0, 0.1) is 5.92 Å². The van der Waals surface area contributed by atoms with Gasteiger partial charge in [0.2, 0.25) is 0 Å². The quantitative estimate of drug-likeness (QED) is 0.718. The van der Waals surface area contributed by atoms with Gasteiger partial charge >= 0.3 is 12.3 Å². The van der Waals surface area contributed by atoms with Gasteiger partial charge in [0.25, 0.3) is 0 Å². The lowest BCUT2D eigenvalue weighted by molar-refractivity contribution is -0.137. The molecule has 1 atom stereocenters. The van der Waals surface area contributed by atoms with Gasteiger partial charge in [-0.3, -0.25) is 9.80 Å². The number of carbonyl (C=O) groups is 1. The second-order valence-corrected chi connectivity index (χ2v) is 7.89. The molecule has 0 bridgehead atoms. The predicted octanol–water partition coefficient (Wildman–Crippen LogP) is 5.24. The highest BCUT2D eigenvalue weighted by atomic mass is 19.4. The second kappa shape index (κ2) is 8.18. The van der Waals surface area contributed by atoms with Crippen LogP contribution in [0.25, 0.3) is 0 Å². The first-order valence-corrected chi connectivity index (χ1v) is 9.96. The molecular formula is C22H23F3N2O3. The van der Waals surface area contributed by atoms with Crippen LogP contribution in [0.15, 0.2) is 48.5 Å². The summed E-state index contributed by atoms with van der Waals surface area (Å²) in [6.07, 6.45) is -2.82. The van der Waals surface area contributed by atoms with E-state index < -0.39 is 17.8 Å². The summed E-state index contributed by atoms with van der Waals surface area (Å²) in [5, 5.41) is 9.58. The van der Waals surface area contributed by atoms with Crippen molar-refractivity contribution in [3.8, 4) is 11.5 Å². The first-order valence-electron chi connectivity index (χ1n) is 9.96. The second-order valence-electron chi connectivity index (χ2n) is 7.89. The van der Waals surface area contributed by atoms with Crippen LogP contribution >= 0.6 is 0 Å². The highest BCUT2D eigenvalue weighted by Gasteiger charge is 2.34. The summed E-state index contributed by atoms with van der Waals surface area (Å²) in [6.45, 7) is 2.88. The van der Waals surface area contributed by atoms with Crippen LogP contribution < -0.4 is 4.74 Å². The van der Waals surface area contributed by atoms with Crippen molar-refractivity contribution in [1.82, 2.24) is 9.80 Å². The molecule has 2 fully saturated rings. The lowest BCUT2D eigenvalue weighted by atomic mass is 10.0. The molecule has 1 aliphatic heterocycles. The van der Waals surface area contributed by atoms with E-state index in [9.17, 15) is 23.1 Å². The Bertz CT molecular complexity index is 880. The van der Waals surface area contributed by atoms with Crippen LogP contribution in [0.2, 0.25) is 0 Å². The number of alkyl halides is 3. The Labute approximate surface area is 172 Å². The minimum Gasteiger partial charge on any atom is -0.465 e. The lowest BCUT2D eigenvalue weighted by Crippen LogP contribution is -2.50. The van der Waals surface area contributed by atoms with Crippen LogP contribution in [0.5, 0.6) is 11.5 Å². The number of halogens is 3. The van der Waals surface area contributed by atoms with Crippen molar-refractivity contribution in [3.05, 3.63) is 59.7 Å². The highest BCUT2D eigenvalue weighted by molar-refractivity contribution is 5.66. The van der Waals surface area contributed by atoms with Gasteiger partial charge in [0, 0.05) is 26.2 Å². The van der Waals surface area contributed by atoms with Gasteiger partial charge in [0.15, 0.2) is 0 Å². The van der Waals surface area contributed by atoms with Crippen molar-refractivity contribution in [1.29, 1.82) is 0 Å². The Hall–Kier alpha value is -2.74. The third kappa shape index (κ3) is 4.87. The van der Waals surface area contributed by atoms with Crippen molar-refractivity contribution in [2.24, 2.45) is 5.92 Å². The van der Waals surface area contributed by atoms with Crippen molar-refractivity contribution >= 4 is 6.09 Å². The Kier molecular flexibility index (Phi) is 5.60. The molecule has 1 saturated carbocycles.